The van der Waals surface area contributed by atoms with Gasteiger partial charge in [0.05, 0.1) is 0 Å². The molecular weight excluding hydrogens is 368 g/mol. The number of hydrogen-bond donors (Lipinski definition) is 3. The van der Waals surface area contributed by atoms with Gasteiger partial charge in [-0.2, -0.15) is 0 Å². The molecule has 1 saturated carbocycles. The van der Waals surface area contributed by atoms with Gasteiger partial charge in [0.25, 0.3) is 5.91 Å². The van der Waals surface area contributed by atoms with Crippen molar-refractivity contribution in [1.29, 1.82) is 0 Å². The molecule has 1 saturated heterocycles. The van der Waals surface area contributed by atoms with Crippen LogP contribution in [0.3, 0.4) is 0 Å². The highest BCUT2D eigenvalue weighted by atomic mass is 16.2. The van der Waals surface area contributed by atoms with E-state index in [4.69, 9.17) is 5.73 Å². The molecule has 4 rings (SSSR count). The molecule has 2 fully saturated rings. The number of rotatable bonds is 4. The zero-order chi connectivity index (χ0) is 21.1. The van der Waals surface area contributed by atoms with Crippen LogP contribution in [0, 0.1) is 10.8 Å². The number of nitrogens with zero attached hydrogens (tertiary/aromatic N) is 1. The highest BCUT2D eigenvalue weighted by Crippen LogP contribution is 2.52. The predicted octanol–water partition coefficient (Wildman–Crippen LogP) is 1.30. The van der Waals surface area contributed by atoms with E-state index in [1.165, 1.54) is 0 Å². The van der Waals surface area contributed by atoms with Crippen molar-refractivity contribution in [1.82, 2.24) is 15.5 Å². The highest BCUT2D eigenvalue weighted by molar-refractivity contribution is 6.05. The van der Waals surface area contributed by atoms with Crippen LogP contribution in [-0.4, -0.2) is 40.7 Å². The summed E-state index contributed by atoms with van der Waals surface area (Å²) >= 11 is 0. The summed E-state index contributed by atoms with van der Waals surface area (Å²) in [6.07, 6.45) is 0.636. The van der Waals surface area contributed by atoms with Gasteiger partial charge < -0.3 is 16.0 Å². The molecule has 1 unspecified atom stereocenters. The fraction of sp³-hybridized carbons (Fsp3) is 0.591. The standard InChI is InChI=1S/C22H30N4O3/c1-21(2)19(23)22(3,4)20(21)24-10-12-6-5-7-13-11-26(18(29)16(12)13)14-8-9-15(27)25-17(14)28/h5-7,14,19-20,24H,8-11,23H2,1-4H3,(H,25,27,28). The molecule has 7 nitrogen and oxygen atoms in total. The molecule has 2 heterocycles. The summed E-state index contributed by atoms with van der Waals surface area (Å²) in [7, 11) is 0. The Kier molecular flexibility index (Phi) is 4.59. The Balaban J connectivity index is 1.53. The summed E-state index contributed by atoms with van der Waals surface area (Å²) in [4.78, 5) is 38.5. The molecular formula is C22H30N4O3. The van der Waals surface area contributed by atoms with Crippen molar-refractivity contribution < 1.29 is 14.4 Å². The van der Waals surface area contributed by atoms with E-state index in [1.807, 2.05) is 18.2 Å². The second-order valence-corrected chi connectivity index (χ2v) is 9.79. The lowest BCUT2D eigenvalue weighted by molar-refractivity contribution is -0.136. The number of nitrogens with one attached hydrogen (secondary N) is 2. The van der Waals surface area contributed by atoms with Crippen LogP contribution >= 0.6 is 0 Å². The average Bonchev–Trinajstić information content (AvgIpc) is 2.98. The SMILES string of the molecule is CC1(C)C(N)C(C)(C)C1NCc1cccc2c1C(=O)N(C1CCC(=O)NC1=O)C2. The number of fused-ring (bicyclic) bond motifs is 1. The Bertz CT molecular complexity index is 876. The topological polar surface area (TPSA) is 105 Å². The third kappa shape index (κ3) is 2.99. The van der Waals surface area contributed by atoms with Crippen LogP contribution in [0.5, 0.6) is 0 Å². The molecule has 0 bridgehead atoms. The lowest BCUT2D eigenvalue weighted by atomic mass is 9.48. The zero-order valence-electron chi connectivity index (χ0n) is 17.5. The summed E-state index contributed by atoms with van der Waals surface area (Å²) in [6, 6.07) is 5.63. The van der Waals surface area contributed by atoms with Crippen LogP contribution in [-0.2, 0) is 22.7 Å². The number of carbonyl (C=O) groups excluding carboxylic acids is 3. The maximum Gasteiger partial charge on any atom is 0.255 e. The van der Waals surface area contributed by atoms with E-state index in [0.717, 1.165) is 11.1 Å². The number of benzene rings is 1. The fourth-order valence-electron chi connectivity index (χ4n) is 5.76. The van der Waals surface area contributed by atoms with Crippen LogP contribution in [0.2, 0.25) is 0 Å². The molecule has 3 aliphatic rings. The number of hydrogen-bond acceptors (Lipinski definition) is 5. The third-order valence-electron chi connectivity index (χ3n) is 7.23. The Hall–Kier alpha value is -2.25. The van der Waals surface area contributed by atoms with Crippen molar-refractivity contribution >= 4 is 17.7 Å². The van der Waals surface area contributed by atoms with Gasteiger partial charge in [0, 0.05) is 37.2 Å². The van der Waals surface area contributed by atoms with Crippen molar-refractivity contribution in [3.8, 4) is 0 Å². The van der Waals surface area contributed by atoms with Gasteiger partial charge in [-0.15, -0.1) is 0 Å². The molecule has 1 aliphatic carbocycles. The first kappa shape index (κ1) is 20.0. The van der Waals surface area contributed by atoms with Crippen LogP contribution < -0.4 is 16.4 Å². The first-order chi connectivity index (χ1) is 13.5. The molecule has 0 aromatic heterocycles. The summed E-state index contributed by atoms with van der Waals surface area (Å²) in [5.41, 5.74) is 8.88. The predicted molar refractivity (Wildman–Crippen MR) is 109 cm³/mol. The Morgan fingerprint density at radius 3 is 2.52 bits per heavy atom. The van der Waals surface area contributed by atoms with E-state index >= 15 is 0 Å². The fourth-order valence-corrected chi connectivity index (χ4v) is 5.76. The monoisotopic (exact) mass is 398 g/mol. The maximum atomic E-state index is 13.2. The quantitative estimate of drug-likeness (QED) is 0.663. The lowest BCUT2D eigenvalue weighted by Crippen LogP contribution is -2.75. The van der Waals surface area contributed by atoms with E-state index in [1.54, 1.807) is 4.90 Å². The number of amides is 3. The molecule has 1 atom stereocenters. The number of piperidine rings is 1. The summed E-state index contributed by atoms with van der Waals surface area (Å²) in [5, 5.41) is 5.98. The second kappa shape index (κ2) is 6.64. The van der Waals surface area contributed by atoms with Crippen molar-refractivity contribution in [3.05, 3.63) is 34.9 Å². The summed E-state index contributed by atoms with van der Waals surface area (Å²) < 4.78 is 0. The van der Waals surface area contributed by atoms with Gasteiger partial charge >= 0.3 is 0 Å². The second-order valence-electron chi connectivity index (χ2n) is 9.79. The van der Waals surface area contributed by atoms with E-state index in [9.17, 15) is 14.4 Å². The van der Waals surface area contributed by atoms with Gasteiger partial charge in [0.1, 0.15) is 6.04 Å². The molecule has 1 aromatic carbocycles. The maximum absolute atomic E-state index is 13.2. The Morgan fingerprint density at radius 1 is 1.17 bits per heavy atom. The van der Waals surface area contributed by atoms with Crippen LogP contribution in [0.25, 0.3) is 0 Å². The minimum Gasteiger partial charge on any atom is -0.327 e. The van der Waals surface area contributed by atoms with Crippen LogP contribution in [0.4, 0.5) is 0 Å². The first-order valence-corrected chi connectivity index (χ1v) is 10.3. The largest absolute Gasteiger partial charge is 0.327 e. The van der Waals surface area contributed by atoms with Crippen molar-refractivity contribution in [2.45, 2.75) is 71.8 Å². The van der Waals surface area contributed by atoms with Crippen LogP contribution in [0.15, 0.2) is 18.2 Å². The van der Waals surface area contributed by atoms with Crippen molar-refractivity contribution in [2.75, 3.05) is 0 Å². The van der Waals surface area contributed by atoms with Gasteiger partial charge in [0.15, 0.2) is 0 Å². The van der Waals surface area contributed by atoms with Gasteiger partial charge in [-0.3, -0.25) is 19.7 Å². The van der Waals surface area contributed by atoms with Gasteiger partial charge in [-0.25, -0.2) is 0 Å². The average molecular weight is 399 g/mol. The van der Waals surface area contributed by atoms with E-state index in [0.29, 0.717) is 25.1 Å². The molecule has 29 heavy (non-hydrogen) atoms. The van der Waals surface area contributed by atoms with Crippen LogP contribution in [0.1, 0.15) is 62.0 Å². The van der Waals surface area contributed by atoms with Crippen molar-refractivity contribution in [2.24, 2.45) is 16.6 Å². The molecule has 0 radical (unpaired) electrons. The van der Waals surface area contributed by atoms with Gasteiger partial charge in [-0.1, -0.05) is 45.9 Å². The van der Waals surface area contributed by atoms with E-state index < -0.39 is 6.04 Å². The van der Waals surface area contributed by atoms with Crippen molar-refractivity contribution in [3.63, 3.8) is 0 Å². The first-order valence-electron chi connectivity index (χ1n) is 10.3. The minimum atomic E-state index is -0.587. The Labute approximate surface area is 171 Å². The molecule has 156 valence electrons. The van der Waals surface area contributed by atoms with Gasteiger partial charge in [0.2, 0.25) is 11.8 Å². The molecule has 3 amide bonds. The van der Waals surface area contributed by atoms with E-state index in [2.05, 4.69) is 38.3 Å². The highest BCUT2D eigenvalue weighted by Gasteiger charge is 2.59. The summed E-state index contributed by atoms with van der Waals surface area (Å²) in [5.74, 6) is -0.783. The number of nitrogens with two attached hydrogens (primary N) is 1. The third-order valence-corrected chi connectivity index (χ3v) is 7.23. The smallest absolute Gasteiger partial charge is 0.255 e. The number of imide groups is 1. The lowest BCUT2D eigenvalue weighted by Gasteiger charge is -2.63. The summed E-state index contributed by atoms with van der Waals surface area (Å²) in [6.45, 7) is 9.66. The molecule has 0 spiro atoms. The normalized spacial score (nSPS) is 30.0. The number of carbonyl (C=O) groups is 3. The molecule has 7 heteroatoms. The molecule has 4 N–H and O–H groups in total. The Morgan fingerprint density at radius 2 is 1.86 bits per heavy atom. The van der Waals surface area contributed by atoms with Gasteiger partial charge in [-0.05, 0) is 28.4 Å². The van der Waals surface area contributed by atoms with E-state index in [-0.39, 0.29) is 47.1 Å². The molecule has 1 aromatic rings. The minimum absolute atomic E-state index is 0.0236. The molecule has 2 aliphatic heterocycles. The zero-order valence-corrected chi connectivity index (χ0v) is 17.5.